The Morgan fingerprint density at radius 3 is 3.05 bits per heavy atom. The van der Waals surface area contributed by atoms with Crippen molar-refractivity contribution in [2.75, 3.05) is 11.9 Å². The van der Waals surface area contributed by atoms with Gasteiger partial charge in [-0.05, 0) is 40.2 Å². The number of aromatic nitrogens is 2. The first-order valence-electron chi connectivity index (χ1n) is 6.44. The zero-order chi connectivity index (χ0) is 14.3. The molecule has 104 valence electrons. The van der Waals surface area contributed by atoms with Crippen molar-refractivity contribution in [1.82, 2.24) is 9.55 Å². The first-order chi connectivity index (χ1) is 9.60. The number of fused-ring (bicyclic) bond motifs is 1. The van der Waals surface area contributed by atoms with Gasteiger partial charge in [0.2, 0.25) is 5.91 Å². The van der Waals surface area contributed by atoms with E-state index in [0.29, 0.717) is 13.0 Å². The quantitative estimate of drug-likeness (QED) is 0.899. The van der Waals surface area contributed by atoms with Crippen LogP contribution >= 0.6 is 15.9 Å². The van der Waals surface area contributed by atoms with Gasteiger partial charge >= 0.3 is 0 Å². The molecule has 5 nitrogen and oxygen atoms in total. The molecule has 0 atom stereocenters. The Balaban J connectivity index is 2.06. The van der Waals surface area contributed by atoms with Crippen molar-refractivity contribution in [2.24, 2.45) is 12.8 Å². The molecule has 3 rings (SSSR count). The second-order valence-electron chi connectivity index (χ2n) is 4.86. The number of benzene rings is 1. The van der Waals surface area contributed by atoms with Crippen LogP contribution < -0.4 is 11.1 Å². The molecule has 1 aliphatic heterocycles. The number of anilines is 1. The van der Waals surface area contributed by atoms with Crippen LogP contribution in [0.2, 0.25) is 0 Å². The maximum absolute atomic E-state index is 11.4. The molecule has 0 saturated heterocycles. The zero-order valence-corrected chi connectivity index (χ0v) is 12.7. The van der Waals surface area contributed by atoms with E-state index in [1.165, 1.54) is 0 Å². The number of hydrogen-bond acceptors (Lipinski definition) is 3. The molecule has 0 fully saturated rings. The number of amides is 1. The fraction of sp³-hybridized carbons (Fsp3) is 0.286. The van der Waals surface area contributed by atoms with E-state index in [9.17, 15) is 4.79 Å². The molecule has 0 saturated carbocycles. The van der Waals surface area contributed by atoms with E-state index in [0.717, 1.165) is 39.4 Å². The third-order valence-corrected chi connectivity index (χ3v) is 4.07. The standard InChI is InChI=1S/C14H15BrN4O/c1-19-11(4-5-16)18-14(15)13(19)8-2-3-10-9(6-8)7-12(20)17-10/h2-3,6H,4-5,7,16H2,1H3,(H,17,20). The summed E-state index contributed by atoms with van der Waals surface area (Å²) in [6.07, 6.45) is 1.17. The SMILES string of the molecule is Cn1c(CCN)nc(Br)c1-c1ccc2c(c1)CC(=O)N2. The Hall–Kier alpha value is -1.66. The monoisotopic (exact) mass is 334 g/mol. The number of nitrogens with zero attached hydrogens (tertiary/aromatic N) is 2. The first-order valence-corrected chi connectivity index (χ1v) is 7.23. The lowest BCUT2D eigenvalue weighted by molar-refractivity contribution is -0.115. The molecule has 3 N–H and O–H groups in total. The van der Waals surface area contributed by atoms with Crippen molar-refractivity contribution >= 4 is 27.5 Å². The molecule has 2 heterocycles. The average Bonchev–Trinajstić information content (AvgIpc) is 2.89. The third kappa shape index (κ3) is 2.14. The fourth-order valence-electron chi connectivity index (χ4n) is 2.55. The van der Waals surface area contributed by atoms with Crippen LogP contribution in [0, 0.1) is 0 Å². The zero-order valence-electron chi connectivity index (χ0n) is 11.1. The lowest BCUT2D eigenvalue weighted by atomic mass is 10.1. The van der Waals surface area contributed by atoms with E-state index in [4.69, 9.17) is 5.73 Å². The van der Waals surface area contributed by atoms with Gasteiger partial charge in [-0.3, -0.25) is 4.79 Å². The number of nitrogens with two attached hydrogens (primary N) is 1. The van der Waals surface area contributed by atoms with Crippen molar-refractivity contribution in [1.29, 1.82) is 0 Å². The van der Waals surface area contributed by atoms with Gasteiger partial charge in [0.1, 0.15) is 10.4 Å². The summed E-state index contributed by atoms with van der Waals surface area (Å²) in [5.41, 5.74) is 9.59. The van der Waals surface area contributed by atoms with Crippen LogP contribution in [0.1, 0.15) is 11.4 Å². The molecular weight excluding hydrogens is 320 g/mol. The highest BCUT2D eigenvalue weighted by Crippen LogP contribution is 2.33. The molecule has 6 heteroatoms. The maximum atomic E-state index is 11.4. The first kappa shape index (κ1) is 13.3. The number of hydrogen-bond donors (Lipinski definition) is 2. The molecule has 0 spiro atoms. The fourth-order valence-corrected chi connectivity index (χ4v) is 3.25. The van der Waals surface area contributed by atoms with Gasteiger partial charge in [-0.1, -0.05) is 6.07 Å². The maximum Gasteiger partial charge on any atom is 0.228 e. The summed E-state index contributed by atoms with van der Waals surface area (Å²) in [6.45, 7) is 0.569. The third-order valence-electron chi connectivity index (χ3n) is 3.52. The summed E-state index contributed by atoms with van der Waals surface area (Å²) in [5.74, 6) is 0.995. The summed E-state index contributed by atoms with van der Waals surface area (Å²) < 4.78 is 2.85. The van der Waals surface area contributed by atoms with Gasteiger partial charge in [0.15, 0.2) is 0 Å². The van der Waals surface area contributed by atoms with Gasteiger partial charge < -0.3 is 15.6 Å². The lowest BCUT2D eigenvalue weighted by Gasteiger charge is -2.07. The molecule has 1 aromatic carbocycles. The predicted octanol–water partition coefficient (Wildman–Crippen LogP) is 1.85. The number of nitrogens with one attached hydrogen (secondary N) is 1. The summed E-state index contributed by atoms with van der Waals surface area (Å²) in [7, 11) is 1.98. The highest BCUT2D eigenvalue weighted by Gasteiger charge is 2.20. The van der Waals surface area contributed by atoms with Crippen molar-refractivity contribution in [2.45, 2.75) is 12.8 Å². The van der Waals surface area contributed by atoms with Crippen LogP contribution in [0.15, 0.2) is 22.8 Å². The highest BCUT2D eigenvalue weighted by molar-refractivity contribution is 9.10. The van der Waals surface area contributed by atoms with Crippen LogP contribution in [0.5, 0.6) is 0 Å². The van der Waals surface area contributed by atoms with Crippen molar-refractivity contribution in [3.05, 3.63) is 34.2 Å². The van der Waals surface area contributed by atoms with Gasteiger partial charge in [0, 0.05) is 24.7 Å². The van der Waals surface area contributed by atoms with Crippen LogP contribution in [-0.4, -0.2) is 22.0 Å². The second kappa shape index (κ2) is 5.03. The lowest BCUT2D eigenvalue weighted by Crippen LogP contribution is -2.08. The van der Waals surface area contributed by atoms with E-state index in [2.05, 4.69) is 26.2 Å². The Labute approximate surface area is 125 Å². The smallest absolute Gasteiger partial charge is 0.228 e. The van der Waals surface area contributed by atoms with Crippen LogP contribution in [-0.2, 0) is 24.7 Å². The van der Waals surface area contributed by atoms with Crippen molar-refractivity contribution < 1.29 is 4.79 Å². The van der Waals surface area contributed by atoms with Crippen LogP contribution in [0.4, 0.5) is 5.69 Å². The second-order valence-corrected chi connectivity index (χ2v) is 5.61. The van der Waals surface area contributed by atoms with Gasteiger partial charge in [0.05, 0.1) is 12.1 Å². The highest BCUT2D eigenvalue weighted by atomic mass is 79.9. The summed E-state index contributed by atoms with van der Waals surface area (Å²) in [6, 6.07) is 5.98. The minimum absolute atomic E-state index is 0.0463. The summed E-state index contributed by atoms with van der Waals surface area (Å²) in [5, 5.41) is 2.84. The van der Waals surface area contributed by atoms with E-state index >= 15 is 0 Å². The minimum atomic E-state index is 0.0463. The topological polar surface area (TPSA) is 72.9 Å². The number of rotatable bonds is 3. The van der Waals surface area contributed by atoms with Gasteiger partial charge in [-0.15, -0.1) is 0 Å². The molecule has 0 bridgehead atoms. The van der Waals surface area contributed by atoms with Gasteiger partial charge in [-0.25, -0.2) is 4.98 Å². The van der Waals surface area contributed by atoms with Crippen LogP contribution in [0.3, 0.4) is 0 Å². The molecule has 1 aliphatic rings. The Kier molecular flexibility index (Phi) is 3.35. The molecule has 0 unspecified atom stereocenters. The number of carbonyl (C=O) groups excluding carboxylic acids is 1. The number of halogens is 1. The Morgan fingerprint density at radius 1 is 1.50 bits per heavy atom. The number of carbonyl (C=O) groups is 1. The average molecular weight is 335 g/mol. The molecular formula is C14H15BrN4O. The molecule has 1 aromatic heterocycles. The Morgan fingerprint density at radius 2 is 2.30 bits per heavy atom. The van der Waals surface area contributed by atoms with E-state index in [1.807, 2.05) is 29.8 Å². The van der Waals surface area contributed by atoms with Crippen LogP contribution in [0.25, 0.3) is 11.3 Å². The summed E-state index contributed by atoms with van der Waals surface area (Å²) >= 11 is 3.51. The molecule has 0 radical (unpaired) electrons. The van der Waals surface area contributed by atoms with Crippen molar-refractivity contribution in [3.63, 3.8) is 0 Å². The Bertz CT molecular complexity index is 693. The normalized spacial score (nSPS) is 13.4. The van der Waals surface area contributed by atoms with Gasteiger partial charge in [0.25, 0.3) is 0 Å². The minimum Gasteiger partial charge on any atom is -0.330 e. The van der Waals surface area contributed by atoms with E-state index in [-0.39, 0.29) is 5.91 Å². The molecule has 1 amide bonds. The molecule has 20 heavy (non-hydrogen) atoms. The van der Waals surface area contributed by atoms with Gasteiger partial charge in [-0.2, -0.15) is 0 Å². The summed E-state index contributed by atoms with van der Waals surface area (Å²) in [4.78, 5) is 15.9. The molecule has 2 aromatic rings. The predicted molar refractivity (Wildman–Crippen MR) is 81.4 cm³/mol. The number of imidazole rings is 1. The van der Waals surface area contributed by atoms with E-state index < -0.39 is 0 Å². The largest absolute Gasteiger partial charge is 0.330 e. The van der Waals surface area contributed by atoms with E-state index in [1.54, 1.807) is 0 Å². The van der Waals surface area contributed by atoms with Crippen molar-refractivity contribution in [3.8, 4) is 11.3 Å². The molecule has 0 aliphatic carbocycles.